The molecule has 5 nitrogen and oxygen atoms in total. The third kappa shape index (κ3) is 4.46. The van der Waals surface area contributed by atoms with Crippen LogP contribution in [0.3, 0.4) is 0 Å². The van der Waals surface area contributed by atoms with Gasteiger partial charge in [-0.3, -0.25) is 0 Å². The zero-order chi connectivity index (χ0) is 18.4. The molecule has 1 aromatic rings. The van der Waals surface area contributed by atoms with Gasteiger partial charge < -0.3 is 20.5 Å². The van der Waals surface area contributed by atoms with E-state index in [9.17, 15) is 18.7 Å². The van der Waals surface area contributed by atoms with Crippen LogP contribution in [-0.4, -0.2) is 42.3 Å². The van der Waals surface area contributed by atoms with Crippen molar-refractivity contribution in [1.29, 1.82) is 0 Å². The van der Waals surface area contributed by atoms with Crippen LogP contribution >= 0.6 is 0 Å². The Hall–Kier alpha value is -1.73. The van der Waals surface area contributed by atoms with Crippen molar-refractivity contribution in [3.05, 3.63) is 35.4 Å². The van der Waals surface area contributed by atoms with Crippen LogP contribution in [0.2, 0.25) is 0 Å². The van der Waals surface area contributed by atoms with Gasteiger partial charge in [0.1, 0.15) is 17.2 Å². The number of carbonyl (C=O) groups excluding carboxylic acids is 1. The minimum Gasteiger partial charge on any atom is -0.385 e. The molecule has 25 heavy (non-hydrogen) atoms. The quantitative estimate of drug-likeness (QED) is 0.738. The first-order valence-electron chi connectivity index (χ1n) is 8.63. The molecule has 0 bridgehead atoms. The molecule has 3 N–H and O–H groups in total. The van der Waals surface area contributed by atoms with E-state index in [1.807, 2.05) is 0 Å². The number of piperidine rings is 1. The smallest absolute Gasteiger partial charge is 0.315 e. The van der Waals surface area contributed by atoms with Gasteiger partial charge in [0.25, 0.3) is 0 Å². The first-order valence-corrected chi connectivity index (χ1v) is 8.63. The molecule has 1 heterocycles. The van der Waals surface area contributed by atoms with Gasteiger partial charge in [0, 0.05) is 25.8 Å². The summed E-state index contributed by atoms with van der Waals surface area (Å²) >= 11 is 0. The maximum atomic E-state index is 14.4. The summed E-state index contributed by atoms with van der Waals surface area (Å²) in [4.78, 5) is 13.2. The van der Waals surface area contributed by atoms with Gasteiger partial charge in [0.05, 0.1) is 6.04 Å². The lowest BCUT2D eigenvalue weighted by atomic mass is 9.77. The normalized spacial score (nSPS) is 20.3. The lowest BCUT2D eigenvalue weighted by Crippen LogP contribution is -2.57. The van der Waals surface area contributed by atoms with E-state index in [0.29, 0.717) is 32.4 Å². The monoisotopic (exact) mass is 356 g/mol. The van der Waals surface area contributed by atoms with Gasteiger partial charge in [-0.05, 0) is 56.7 Å². The van der Waals surface area contributed by atoms with E-state index in [2.05, 4.69) is 0 Å². The summed E-state index contributed by atoms with van der Waals surface area (Å²) < 4.78 is 33.2. The fourth-order valence-electron chi connectivity index (χ4n) is 3.64. The minimum atomic E-state index is -1.70. The number of ether oxygens (including phenoxy) is 1. The Bertz CT molecular complexity index is 600. The average Bonchev–Trinajstić information content (AvgIpc) is 2.60. The Morgan fingerprint density at radius 1 is 1.40 bits per heavy atom. The summed E-state index contributed by atoms with van der Waals surface area (Å²) in [6.45, 7) is 0.906. The second-order valence-corrected chi connectivity index (χ2v) is 6.54. The molecule has 1 aromatic carbocycles. The standard InChI is InChI=1S/C18H26F2N2O3/c1-25-11-5-3-9-18(24,14-12-13(19)7-8-15(14)20)16-6-2-4-10-22(16)17(21)23/h7-8,12,16,24H,2-6,9-11H2,1H3,(H2,21,23)/t16?,18-/m0/s1. The second-order valence-electron chi connectivity index (χ2n) is 6.54. The van der Waals surface area contributed by atoms with Crippen LogP contribution in [0.25, 0.3) is 0 Å². The molecule has 7 heteroatoms. The highest BCUT2D eigenvalue weighted by Gasteiger charge is 2.45. The van der Waals surface area contributed by atoms with Crippen molar-refractivity contribution in [1.82, 2.24) is 4.90 Å². The van der Waals surface area contributed by atoms with E-state index in [0.717, 1.165) is 31.0 Å². The number of amides is 2. The molecule has 2 rings (SSSR count). The maximum absolute atomic E-state index is 14.4. The predicted molar refractivity (Wildman–Crippen MR) is 89.9 cm³/mol. The highest BCUT2D eigenvalue weighted by atomic mass is 19.1. The van der Waals surface area contributed by atoms with Crippen LogP contribution in [0.5, 0.6) is 0 Å². The van der Waals surface area contributed by atoms with Crippen molar-refractivity contribution in [3.63, 3.8) is 0 Å². The molecule has 0 aliphatic carbocycles. The van der Waals surface area contributed by atoms with Crippen LogP contribution in [0, 0.1) is 11.6 Å². The zero-order valence-corrected chi connectivity index (χ0v) is 14.5. The third-order valence-corrected chi connectivity index (χ3v) is 4.89. The number of nitrogens with two attached hydrogens (primary N) is 1. The van der Waals surface area contributed by atoms with Gasteiger partial charge in [-0.2, -0.15) is 0 Å². The van der Waals surface area contributed by atoms with Crippen LogP contribution in [0.1, 0.15) is 44.1 Å². The largest absolute Gasteiger partial charge is 0.385 e. The van der Waals surface area contributed by atoms with Crippen molar-refractivity contribution in [3.8, 4) is 0 Å². The Morgan fingerprint density at radius 3 is 2.84 bits per heavy atom. The molecule has 2 amide bonds. The molecular formula is C18H26F2N2O3. The molecule has 1 aliphatic heterocycles. The molecule has 140 valence electrons. The number of halogens is 2. The summed E-state index contributed by atoms with van der Waals surface area (Å²) in [7, 11) is 1.58. The van der Waals surface area contributed by atoms with Crippen LogP contribution < -0.4 is 5.73 Å². The van der Waals surface area contributed by atoms with E-state index in [1.54, 1.807) is 7.11 Å². The van der Waals surface area contributed by atoms with Crippen molar-refractivity contribution in [2.45, 2.75) is 50.2 Å². The molecule has 0 spiro atoms. The van der Waals surface area contributed by atoms with Gasteiger partial charge in [-0.1, -0.05) is 0 Å². The number of aliphatic hydroxyl groups is 1. The maximum Gasteiger partial charge on any atom is 0.315 e. The van der Waals surface area contributed by atoms with Crippen LogP contribution in [0.15, 0.2) is 18.2 Å². The fourth-order valence-corrected chi connectivity index (χ4v) is 3.64. The van der Waals surface area contributed by atoms with E-state index < -0.39 is 29.3 Å². The summed E-state index contributed by atoms with van der Waals surface area (Å²) in [5.74, 6) is -1.32. The Labute approximate surface area is 146 Å². The first-order chi connectivity index (χ1) is 11.9. The van der Waals surface area contributed by atoms with Gasteiger partial charge in [0.15, 0.2) is 0 Å². The topological polar surface area (TPSA) is 75.8 Å². The number of unbranched alkanes of at least 4 members (excludes halogenated alkanes) is 1. The molecule has 2 atom stereocenters. The number of urea groups is 1. The Kier molecular flexibility index (Phi) is 6.72. The summed E-state index contributed by atoms with van der Waals surface area (Å²) in [6.07, 6.45) is 3.43. The van der Waals surface area contributed by atoms with Gasteiger partial charge >= 0.3 is 6.03 Å². The Morgan fingerprint density at radius 2 is 2.16 bits per heavy atom. The first kappa shape index (κ1) is 19.6. The summed E-state index contributed by atoms with van der Waals surface area (Å²) in [5.41, 5.74) is 3.64. The highest BCUT2D eigenvalue weighted by Crippen LogP contribution is 2.39. The number of likely N-dealkylation sites (tertiary alicyclic amines) is 1. The molecule has 0 radical (unpaired) electrons. The predicted octanol–water partition coefficient (Wildman–Crippen LogP) is 2.90. The van der Waals surface area contributed by atoms with Crippen LogP contribution in [0.4, 0.5) is 13.6 Å². The lowest BCUT2D eigenvalue weighted by molar-refractivity contribution is -0.0628. The SMILES string of the molecule is COCCCC[C@](O)(c1cc(F)ccc1F)C1CCCCN1C(N)=O. The second kappa shape index (κ2) is 8.58. The molecule has 1 fully saturated rings. The highest BCUT2D eigenvalue weighted by molar-refractivity contribution is 5.72. The number of nitrogens with zero attached hydrogens (tertiary/aromatic N) is 1. The number of carbonyl (C=O) groups is 1. The van der Waals surface area contributed by atoms with Crippen LogP contribution in [-0.2, 0) is 10.3 Å². The molecule has 0 aromatic heterocycles. The van der Waals surface area contributed by atoms with E-state index >= 15 is 0 Å². The molecule has 1 saturated heterocycles. The molecule has 1 aliphatic rings. The van der Waals surface area contributed by atoms with Crippen molar-refractivity contribution in [2.75, 3.05) is 20.3 Å². The number of rotatable bonds is 7. The number of primary amides is 1. The van der Waals surface area contributed by atoms with Gasteiger partial charge in [-0.15, -0.1) is 0 Å². The number of hydrogen-bond donors (Lipinski definition) is 2. The van der Waals surface area contributed by atoms with Gasteiger partial charge in [0.2, 0.25) is 0 Å². The lowest BCUT2D eigenvalue weighted by Gasteiger charge is -2.45. The van der Waals surface area contributed by atoms with Gasteiger partial charge in [-0.25, -0.2) is 13.6 Å². The van der Waals surface area contributed by atoms with Crippen molar-refractivity contribution >= 4 is 6.03 Å². The molecular weight excluding hydrogens is 330 g/mol. The zero-order valence-electron chi connectivity index (χ0n) is 14.5. The van der Waals surface area contributed by atoms with E-state index in [4.69, 9.17) is 10.5 Å². The minimum absolute atomic E-state index is 0.122. The summed E-state index contributed by atoms with van der Waals surface area (Å²) in [6, 6.07) is 1.69. The number of benzene rings is 1. The third-order valence-electron chi connectivity index (χ3n) is 4.89. The fraction of sp³-hybridized carbons (Fsp3) is 0.611. The Balaban J connectivity index is 2.39. The average molecular weight is 356 g/mol. The van der Waals surface area contributed by atoms with Crippen molar-refractivity contribution in [2.24, 2.45) is 5.73 Å². The number of hydrogen-bond acceptors (Lipinski definition) is 3. The molecule has 1 unspecified atom stereocenters. The van der Waals surface area contributed by atoms with E-state index in [-0.39, 0.29) is 12.0 Å². The number of methoxy groups -OCH3 is 1. The van der Waals surface area contributed by atoms with E-state index in [1.165, 1.54) is 4.90 Å². The molecule has 0 saturated carbocycles. The summed E-state index contributed by atoms with van der Waals surface area (Å²) in [5, 5.41) is 11.4. The van der Waals surface area contributed by atoms with Crippen molar-refractivity contribution < 1.29 is 23.4 Å².